The maximum Gasteiger partial charge on any atom is 0.573 e. The Labute approximate surface area is 193 Å². The molecule has 0 aliphatic carbocycles. The van der Waals surface area contributed by atoms with Crippen LogP contribution in [0.4, 0.5) is 27.6 Å². The number of nitrogens with one attached hydrogen (secondary N) is 1. The zero-order valence-electron chi connectivity index (χ0n) is 17.9. The van der Waals surface area contributed by atoms with Crippen molar-refractivity contribution in [1.82, 2.24) is 9.80 Å². The van der Waals surface area contributed by atoms with Gasteiger partial charge in [-0.25, -0.2) is 8.78 Å². The molecular formula is C22H24F5N3O2S. The van der Waals surface area contributed by atoms with Crippen LogP contribution in [0.15, 0.2) is 36.4 Å². The lowest BCUT2D eigenvalue weighted by Gasteiger charge is -2.35. The number of hydrogen-bond donors (Lipinski definition) is 1. The lowest BCUT2D eigenvalue weighted by molar-refractivity contribution is -0.274. The number of hydrogen-bond acceptors (Lipinski definition) is 5. The maximum atomic E-state index is 13.9. The topological polar surface area (TPSA) is 44.8 Å². The SMILES string of the molecule is CCCSNc1ccc(C(=O)N2CCN(Cc3cccc(F)c3F)CC2)cc1OC(F)(F)F. The minimum absolute atomic E-state index is 0.0740. The highest BCUT2D eigenvalue weighted by molar-refractivity contribution is 8.00. The summed E-state index contributed by atoms with van der Waals surface area (Å²) in [6.07, 6.45) is -4.06. The third-order valence-corrected chi connectivity index (χ3v) is 6.00. The molecule has 1 fully saturated rings. The van der Waals surface area contributed by atoms with Gasteiger partial charge >= 0.3 is 6.36 Å². The van der Waals surface area contributed by atoms with Crippen LogP contribution in [0.5, 0.6) is 5.75 Å². The Bertz CT molecular complexity index is 966. The summed E-state index contributed by atoms with van der Waals surface area (Å²) in [5.41, 5.74) is 0.432. The van der Waals surface area contributed by atoms with Gasteiger partial charge < -0.3 is 14.4 Å². The molecule has 1 heterocycles. The van der Waals surface area contributed by atoms with Gasteiger partial charge in [-0.3, -0.25) is 9.69 Å². The summed E-state index contributed by atoms with van der Waals surface area (Å²) < 4.78 is 72.9. The second-order valence-electron chi connectivity index (χ2n) is 7.49. The van der Waals surface area contributed by atoms with Gasteiger partial charge in [0.1, 0.15) is 0 Å². The van der Waals surface area contributed by atoms with Crippen molar-refractivity contribution in [1.29, 1.82) is 0 Å². The molecule has 3 rings (SSSR count). The van der Waals surface area contributed by atoms with Crippen molar-refractivity contribution in [2.24, 2.45) is 0 Å². The molecule has 5 nitrogen and oxygen atoms in total. The highest BCUT2D eigenvalue weighted by Gasteiger charge is 2.33. The quantitative estimate of drug-likeness (QED) is 0.310. The van der Waals surface area contributed by atoms with Gasteiger partial charge in [0, 0.05) is 49.6 Å². The van der Waals surface area contributed by atoms with Gasteiger partial charge in [-0.2, -0.15) is 0 Å². The molecule has 0 bridgehead atoms. The van der Waals surface area contributed by atoms with Crippen LogP contribution in [0.2, 0.25) is 0 Å². The average molecular weight is 490 g/mol. The number of piperazine rings is 1. The molecule has 1 N–H and O–H groups in total. The summed E-state index contributed by atoms with van der Waals surface area (Å²) in [5, 5.41) is 0. The number of ether oxygens (including phenoxy) is 1. The lowest BCUT2D eigenvalue weighted by atomic mass is 10.1. The van der Waals surface area contributed by atoms with E-state index in [9.17, 15) is 26.7 Å². The number of carbonyl (C=O) groups excluding carboxylic acids is 1. The zero-order chi connectivity index (χ0) is 24.0. The molecule has 0 radical (unpaired) electrons. The number of rotatable bonds is 8. The average Bonchev–Trinajstić information content (AvgIpc) is 2.77. The summed E-state index contributed by atoms with van der Waals surface area (Å²) in [7, 11) is 0. The first-order valence-corrected chi connectivity index (χ1v) is 11.4. The third kappa shape index (κ3) is 6.97. The van der Waals surface area contributed by atoms with Crippen molar-refractivity contribution in [2.75, 3.05) is 36.7 Å². The standard InChI is InChI=1S/C22H24F5N3O2S/c1-2-12-33-28-18-7-6-15(13-19(18)32-22(25,26)27)21(31)30-10-8-29(9-11-30)14-16-4-3-5-17(23)20(16)24/h3-7,13,28H,2,8-12,14H2,1H3. The van der Waals surface area contributed by atoms with Crippen LogP contribution in [0, 0.1) is 11.6 Å². The molecule has 180 valence electrons. The predicted molar refractivity (Wildman–Crippen MR) is 117 cm³/mol. The Hall–Kier alpha value is -2.53. The van der Waals surface area contributed by atoms with E-state index in [0.29, 0.717) is 31.9 Å². The Morgan fingerprint density at radius 1 is 1.12 bits per heavy atom. The largest absolute Gasteiger partial charge is 0.573 e. The van der Waals surface area contributed by atoms with Crippen LogP contribution in [-0.4, -0.2) is 54.0 Å². The number of carbonyl (C=O) groups is 1. The zero-order valence-corrected chi connectivity index (χ0v) is 18.7. The monoisotopic (exact) mass is 489 g/mol. The number of halogens is 5. The highest BCUT2D eigenvalue weighted by Crippen LogP contribution is 2.33. The van der Waals surface area contributed by atoms with Crippen molar-refractivity contribution < 1.29 is 31.5 Å². The van der Waals surface area contributed by atoms with Crippen molar-refractivity contribution in [3.63, 3.8) is 0 Å². The Morgan fingerprint density at radius 2 is 1.85 bits per heavy atom. The molecule has 1 aliphatic heterocycles. The minimum atomic E-state index is -4.90. The molecule has 0 saturated carbocycles. The van der Waals surface area contributed by atoms with Crippen LogP contribution in [0.1, 0.15) is 29.3 Å². The number of alkyl halides is 3. The molecule has 0 aromatic heterocycles. The summed E-state index contributed by atoms with van der Waals surface area (Å²) >= 11 is 1.24. The van der Waals surface area contributed by atoms with Crippen LogP contribution in [0.3, 0.4) is 0 Å². The van der Waals surface area contributed by atoms with Gasteiger partial charge in [0.25, 0.3) is 5.91 Å². The summed E-state index contributed by atoms with van der Waals surface area (Å²) in [6, 6.07) is 7.92. The normalized spacial score (nSPS) is 14.9. The molecule has 1 amide bonds. The van der Waals surface area contributed by atoms with Crippen LogP contribution in [-0.2, 0) is 6.54 Å². The fraction of sp³-hybridized carbons (Fsp3) is 0.409. The first-order valence-electron chi connectivity index (χ1n) is 10.4. The molecule has 11 heteroatoms. The minimum Gasteiger partial charge on any atom is -0.404 e. The van der Waals surface area contributed by atoms with Gasteiger partial charge in [-0.15, -0.1) is 13.2 Å². The molecule has 0 spiro atoms. The lowest BCUT2D eigenvalue weighted by Crippen LogP contribution is -2.48. The van der Waals surface area contributed by atoms with E-state index >= 15 is 0 Å². The molecule has 33 heavy (non-hydrogen) atoms. The van der Waals surface area contributed by atoms with Crippen molar-refractivity contribution in [3.05, 3.63) is 59.2 Å². The number of amides is 1. The highest BCUT2D eigenvalue weighted by atomic mass is 32.2. The van der Waals surface area contributed by atoms with E-state index in [1.807, 2.05) is 11.8 Å². The van der Waals surface area contributed by atoms with E-state index in [-0.39, 0.29) is 23.4 Å². The van der Waals surface area contributed by atoms with E-state index in [1.54, 1.807) is 0 Å². The fourth-order valence-corrected chi connectivity index (χ4v) is 4.01. The Balaban J connectivity index is 1.65. The molecular weight excluding hydrogens is 465 g/mol. The van der Waals surface area contributed by atoms with Gasteiger partial charge in [0.05, 0.1) is 5.69 Å². The second kappa shape index (κ2) is 11.1. The van der Waals surface area contributed by atoms with E-state index in [1.165, 1.54) is 41.1 Å². The molecule has 2 aromatic rings. The summed E-state index contributed by atoms with van der Waals surface area (Å²) in [4.78, 5) is 16.3. The summed E-state index contributed by atoms with van der Waals surface area (Å²) in [6.45, 7) is 3.58. The van der Waals surface area contributed by atoms with Gasteiger partial charge in [-0.05, 0) is 30.7 Å². The first-order chi connectivity index (χ1) is 15.7. The fourth-order valence-electron chi connectivity index (χ4n) is 3.38. The van der Waals surface area contributed by atoms with Crippen LogP contribution in [0.25, 0.3) is 0 Å². The van der Waals surface area contributed by atoms with Gasteiger partial charge in [-0.1, -0.05) is 31.0 Å². The Morgan fingerprint density at radius 3 is 2.52 bits per heavy atom. The number of benzene rings is 2. The predicted octanol–water partition coefficient (Wildman–Crippen LogP) is 5.29. The number of anilines is 1. The van der Waals surface area contributed by atoms with Crippen LogP contribution >= 0.6 is 11.9 Å². The van der Waals surface area contributed by atoms with E-state index in [0.717, 1.165) is 18.6 Å². The van der Waals surface area contributed by atoms with Crippen LogP contribution < -0.4 is 9.46 Å². The maximum absolute atomic E-state index is 13.9. The molecule has 1 saturated heterocycles. The van der Waals surface area contributed by atoms with Crippen molar-refractivity contribution in [3.8, 4) is 5.75 Å². The molecule has 1 aliphatic rings. The van der Waals surface area contributed by atoms with Gasteiger partial charge in [0.15, 0.2) is 17.4 Å². The Kier molecular flexibility index (Phi) is 8.41. The van der Waals surface area contributed by atoms with Gasteiger partial charge in [0.2, 0.25) is 0 Å². The number of nitrogens with zero attached hydrogens (tertiary/aromatic N) is 2. The second-order valence-corrected chi connectivity index (χ2v) is 8.39. The third-order valence-electron chi connectivity index (χ3n) is 5.03. The molecule has 0 atom stereocenters. The van der Waals surface area contributed by atoms with E-state index in [4.69, 9.17) is 0 Å². The van der Waals surface area contributed by atoms with E-state index in [2.05, 4.69) is 9.46 Å². The summed E-state index contributed by atoms with van der Waals surface area (Å²) in [5.74, 6) is -2.01. The smallest absolute Gasteiger partial charge is 0.404 e. The van der Waals surface area contributed by atoms with E-state index < -0.39 is 29.7 Å². The van der Waals surface area contributed by atoms with Crippen molar-refractivity contribution >= 4 is 23.5 Å². The molecule has 2 aromatic carbocycles. The van der Waals surface area contributed by atoms with Crippen molar-refractivity contribution in [2.45, 2.75) is 26.3 Å². The molecule has 0 unspecified atom stereocenters. The first kappa shape index (κ1) is 25.1.